The summed E-state index contributed by atoms with van der Waals surface area (Å²) >= 11 is 5.59. The third-order valence-electron chi connectivity index (χ3n) is 3.64. The topological polar surface area (TPSA) is 53.5 Å². The van der Waals surface area contributed by atoms with Gasteiger partial charge in [0, 0.05) is 51.0 Å². The molecular weight excluding hydrogens is 310 g/mol. The molecule has 21 heavy (non-hydrogen) atoms. The molecule has 118 valence electrons. The number of halogens is 1. The number of rotatable bonds is 7. The van der Waals surface area contributed by atoms with Gasteiger partial charge in [0.2, 0.25) is 10.0 Å². The molecule has 1 fully saturated rings. The molecule has 0 radical (unpaired) electrons. The van der Waals surface area contributed by atoms with E-state index in [-0.39, 0.29) is 5.75 Å². The Labute approximate surface area is 132 Å². The zero-order valence-corrected chi connectivity index (χ0v) is 13.7. The zero-order chi connectivity index (χ0) is 15.1. The van der Waals surface area contributed by atoms with Gasteiger partial charge < -0.3 is 0 Å². The summed E-state index contributed by atoms with van der Waals surface area (Å²) in [5.74, 6) is 0.733. The van der Waals surface area contributed by atoms with Gasteiger partial charge in [-0.1, -0.05) is 6.07 Å². The van der Waals surface area contributed by atoms with E-state index < -0.39 is 10.0 Å². The molecule has 2 heterocycles. The van der Waals surface area contributed by atoms with Crippen molar-refractivity contribution in [1.82, 2.24) is 14.2 Å². The average molecular weight is 332 g/mol. The van der Waals surface area contributed by atoms with Crippen LogP contribution in [0, 0.1) is 0 Å². The third-order valence-corrected chi connectivity index (χ3v) is 5.86. The van der Waals surface area contributed by atoms with Crippen molar-refractivity contribution < 1.29 is 8.42 Å². The molecule has 0 saturated carbocycles. The first kappa shape index (κ1) is 16.7. The summed E-state index contributed by atoms with van der Waals surface area (Å²) in [7, 11) is -3.12. The van der Waals surface area contributed by atoms with Crippen molar-refractivity contribution in [1.29, 1.82) is 0 Å². The minimum Gasteiger partial charge on any atom is -0.296 e. The van der Waals surface area contributed by atoms with Crippen LogP contribution < -0.4 is 0 Å². The lowest BCUT2D eigenvalue weighted by atomic mass is 10.2. The minimum absolute atomic E-state index is 0.211. The fraction of sp³-hybridized carbons (Fsp3) is 0.643. The number of nitrogens with zero attached hydrogens (tertiary/aromatic N) is 3. The second-order valence-corrected chi connectivity index (χ2v) is 7.72. The van der Waals surface area contributed by atoms with Crippen molar-refractivity contribution in [2.75, 3.05) is 37.8 Å². The SMILES string of the molecule is O=S(=O)(CCCCCl)N1CCN(Cc2cccnc2)CC1. The smallest absolute Gasteiger partial charge is 0.214 e. The quantitative estimate of drug-likeness (QED) is 0.562. The van der Waals surface area contributed by atoms with Gasteiger partial charge in [-0.2, -0.15) is 4.31 Å². The summed E-state index contributed by atoms with van der Waals surface area (Å²) in [4.78, 5) is 6.37. The molecule has 5 nitrogen and oxygen atoms in total. The molecule has 0 aliphatic carbocycles. The van der Waals surface area contributed by atoms with Crippen LogP contribution in [0.5, 0.6) is 0 Å². The molecule has 0 bridgehead atoms. The van der Waals surface area contributed by atoms with E-state index in [0.717, 1.165) is 31.6 Å². The highest BCUT2D eigenvalue weighted by atomic mass is 35.5. The summed E-state index contributed by atoms with van der Waals surface area (Å²) in [5.41, 5.74) is 1.16. The van der Waals surface area contributed by atoms with Gasteiger partial charge in [0.1, 0.15) is 0 Å². The van der Waals surface area contributed by atoms with E-state index in [1.165, 1.54) is 0 Å². The van der Waals surface area contributed by atoms with Gasteiger partial charge in [0.15, 0.2) is 0 Å². The number of sulfonamides is 1. The molecule has 1 aliphatic heterocycles. The van der Waals surface area contributed by atoms with Gasteiger partial charge in [0.25, 0.3) is 0 Å². The number of pyridine rings is 1. The van der Waals surface area contributed by atoms with E-state index in [1.807, 2.05) is 18.3 Å². The molecule has 1 saturated heterocycles. The first-order valence-electron chi connectivity index (χ1n) is 7.27. The van der Waals surface area contributed by atoms with Crippen LogP contribution in [-0.4, -0.2) is 60.4 Å². The van der Waals surface area contributed by atoms with E-state index in [0.29, 0.717) is 25.4 Å². The van der Waals surface area contributed by atoms with Crippen molar-refractivity contribution in [3.8, 4) is 0 Å². The second kappa shape index (κ2) is 8.08. The van der Waals surface area contributed by atoms with Crippen LogP contribution in [0.3, 0.4) is 0 Å². The molecule has 1 aliphatic rings. The summed E-state index contributed by atoms with van der Waals surface area (Å²) in [6, 6.07) is 3.97. The summed E-state index contributed by atoms with van der Waals surface area (Å²) in [5, 5.41) is 0. The Balaban J connectivity index is 1.80. The molecule has 0 atom stereocenters. The Hall–Kier alpha value is -0.690. The fourth-order valence-electron chi connectivity index (χ4n) is 2.42. The van der Waals surface area contributed by atoms with Gasteiger partial charge in [-0.25, -0.2) is 8.42 Å². The van der Waals surface area contributed by atoms with Crippen LogP contribution in [-0.2, 0) is 16.6 Å². The van der Waals surface area contributed by atoms with Crippen molar-refractivity contribution in [2.24, 2.45) is 0 Å². The van der Waals surface area contributed by atoms with E-state index in [4.69, 9.17) is 11.6 Å². The van der Waals surface area contributed by atoms with Crippen LogP contribution in [0.2, 0.25) is 0 Å². The zero-order valence-electron chi connectivity index (χ0n) is 12.1. The number of hydrogen-bond donors (Lipinski definition) is 0. The predicted molar refractivity (Wildman–Crippen MR) is 84.8 cm³/mol. The summed E-state index contributed by atoms with van der Waals surface area (Å²) in [6.45, 7) is 3.51. The Morgan fingerprint density at radius 2 is 1.95 bits per heavy atom. The lowest BCUT2D eigenvalue weighted by Crippen LogP contribution is -2.48. The molecular formula is C14H22ClN3O2S. The molecule has 1 aromatic heterocycles. The maximum atomic E-state index is 12.2. The predicted octanol–water partition coefficient (Wildman–Crippen LogP) is 1.55. The van der Waals surface area contributed by atoms with Crippen LogP contribution >= 0.6 is 11.6 Å². The van der Waals surface area contributed by atoms with Crippen molar-refractivity contribution in [3.63, 3.8) is 0 Å². The van der Waals surface area contributed by atoms with Gasteiger partial charge in [-0.15, -0.1) is 11.6 Å². The van der Waals surface area contributed by atoms with E-state index in [9.17, 15) is 8.42 Å². The van der Waals surface area contributed by atoms with Crippen molar-refractivity contribution in [2.45, 2.75) is 19.4 Å². The van der Waals surface area contributed by atoms with Gasteiger partial charge in [-0.05, 0) is 24.5 Å². The van der Waals surface area contributed by atoms with Crippen LogP contribution in [0.25, 0.3) is 0 Å². The summed E-state index contributed by atoms with van der Waals surface area (Å²) in [6.07, 6.45) is 5.01. The third kappa shape index (κ3) is 5.21. The lowest BCUT2D eigenvalue weighted by molar-refractivity contribution is 0.181. The number of piperazine rings is 1. The second-order valence-electron chi connectivity index (χ2n) is 5.25. The molecule has 0 amide bonds. The molecule has 2 rings (SSSR count). The molecule has 0 aromatic carbocycles. The minimum atomic E-state index is -3.12. The highest BCUT2D eigenvalue weighted by Gasteiger charge is 2.26. The molecule has 0 unspecified atom stereocenters. The molecule has 0 N–H and O–H groups in total. The van der Waals surface area contributed by atoms with Gasteiger partial charge in [0.05, 0.1) is 5.75 Å². The van der Waals surface area contributed by atoms with Crippen LogP contribution in [0.4, 0.5) is 0 Å². The van der Waals surface area contributed by atoms with Gasteiger partial charge in [-0.3, -0.25) is 9.88 Å². The van der Waals surface area contributed by atoms with E-state index in [1.54, 1.807) is 10.5 Å². The highest BCUT2D eigenvalue weighted by molar-refractivity contribution is 7.89. The monoisotopic (exact) mass is 331 g/mol. The van der Waals surface area contributed by atoms with Gasteiger partial charge >= 0.3 is 0 Å². The van der Waals surface area contributed by atoms with Crippen LogP contribution in [0.1, 0.15) is 18.4 Å². The lowest BCUT2D eigenvalue weighted by Gasteiger charge is -2.33. The van der Waals surface area contributed by atoms with Crippen molar-refractivity contribution in [3.05, 3.63) is 30.1 Å². The molecule has 0 spiro atoms. The largest absolute Gasteiger partial charge is 0.296 e. The van der Waals surface area contributed by atoms with E-state index in [2.05, 4.69) is 9.88 Å². The number of aromatic nitrogens is 1. The van der Waals surface area contributed by atoms with Crippen LogP contribution in [0.15, 0.2) is 24.5 Å². The maximum absolute atomic E-state index is 12.2. The Bertz CT molecular complexity index is 516. The first-order chi connectivity index (χ1) is 10.1. The maximum Gasteiger partial charge on any atom is 0.214 e. The highest BCUT2D eigenvalue weighted by Crippen LogP contribution is 2.12. The normalized spacial score (nSPS) is 18.0. The molecule has 7 heteroatoms. The first-order valence-corrected chi connectivity index (χ1v) is 9.41. The Morgan fingerprint density at radius 3 is 2.57 bits per heavy atom. The summed E-state index contributed by atoms with van der Waals surface area (Å²) < 4.78 is 26.0. The number of hydrogen-bond acceptors (Lipinski definition) is 4. The Morgan fingerprint density at radius 1 is 1.19 bits per heavy atom. The number of alkyl halides is 1. The van der Waals surface area contributed by atoms with E-state index >= 15 is 0 Å². The molecule has 1 aromatic rings. The fourth-order valence-corrected chi connectivity index (χ4v) is 4.16. The average Bonchev–Trinajstić information content (AvgIpc) is 2.49. The standard InChI is InChI=1S/C14H22ClN3O2S/c15-5-1-2-11-21(19,20)18-9-7-17(8-10-18)13-14-4-3-6-16-12-14/h3-4,6,12H,1-2,5,7-11,13H2. The van der Waals surface area contributed by atoms with Crippen molar-refractivity contribution >= 4 is 21.6 Å². The Kier molecular flexibility index (Phi) is 6.41. The number of unbranched alkanes of at least 4 members (excludes halogenated alkanes) is 1.